The molecule has 2 fully saturated rings. The molecule has 2 heterocycles. The van der Waals surface area contributed by atoms with Crippen LogP contribution in [0.3, 0.4) is 0 Å². The Morgan fingerprint density at radius 3 is 2.25 bits per heavy atom. The Balaban J connectivity index is 1.58. The van der Waals surface area contributed by atoms with Crippen molar-refractivity contribution >= 4 is 35.0 Å². The SMILES string of the molecule is O=C(c1ccc(Cl)cc1Cl)N1CCN(C(=O)C2CCNCC2)CC1. The molecule has 0 radical (unpaired) electrons. The summed E-state index contributed by atoms with van der Waals surface area (Å²) in [4.78, 5) is 28.8. The lowest BCUT2D eigenvalue weighted by atomic mass is 9.96. The van der Waals surface area contributed by atoms with Gasteiger partial charge in [0.15, 0.2) is 0 Å². The van der Waals surface area contributed by atoms with Crippen molar-refractivity contribution in [2.75, 3.05) is 39.3 Å². The second kappa shape index (κ2) is 7.72. The van der Waals surface area contributed by atoms with Crippen LogP contribution < -0.4 is 5.32 Å². The van der Waals surface area contributed by atoms with Crippen molar-refractivity contribution in [1.29, 1.82) is 0 Å². The van der Waals surface area contributed by atoms with Crippen LogP contribution in [0.25, 0.3) is 0 Å². The van der Waals surface area contributed by atoms with Crippen LogP contribution in [0.1, 0.15) is 23.2 Å². The third-order valence-electron chi connectivity index (χ3n) is 4.73. The second-order valence-corrected chi connectivity index (χ2v) is 7.11. The van der Waals surface area contributed by atoms with Crippen LogP contribution in [0, 0.1) is 5.92 Å². The van der Waals surface area contributed by atoms with Gasteiger partial charge in [-0.15, -0.1) is 0 Å². The molecule has 5 nitrogen and oxygen atoms in total. The lowest BCUT2D eigenvalue weighted by Crippen LogP contribution is -2.52. The average molecular weight is 370 g/mol. The molecule has 0 saturated carbocycles. The number of carbonyl (C=O) groups excluding carboxylic acids is 2. The molecule has 2 aliphatic heterocycles. The molecule has 1 aromatic carbocycles. The van der Waals surface area contributed by atoms with E-state index in [0.29, 0.717) is 41.8 Å². The lowest BCUT2D eigenvalue weighted by molar-refractivity contribution is -0.137. The number of halogens is 2. The number of amides is 2. The first-order valence-corrected chi connectivity index (χ1v) is 9.05. The van der Waals surface area contributed by atoms with E-state index >= 15 is 0 Å². The number of nitrogens with zero attached hydrogens (tertiary/aromatic N) is 2. The molecule has 0 bridgehead atoms. The summed E-state index contributed by atoms with van der Waals surface area (Å²) in [6.07, 6.45) is 1.80. The van der Waals surface area contributed by atoms with Crippen LogP contribution in [0.4, 0.5) is 0 Å². The number of nitrogens with one attached hydrogen (secondary N) is 1. The fourth-order valence-corrected chi connectivity index (χ4v) is 3.78. The third-order valence-corrected chi connectivity index (χ3v) is 5.28. The van der Waals surface area contributed by atoms with Gasteiger partial charge in [0.2, 0.25) is 5.91 Å². The van der Waals surface area contributed by atoms with E-state index in [2.05, 4.69) is 5.32 Å². The Morgan fingerprint density at radius 2 is 1.62 bits per heavy atom. The number of piperidine rings is 1. The summed E-state index contributed by atoms with van der Waals surface area (Å²) in [5.41, 5.74) is 0.458. The molecule has 0 atom stereocenters. The summed E-state index contributed by atoms with van der Waals surface area (Å²) in [6.45, 7) is 4.05. The van der Waals surface area contributed by atoms with Crippen LogP contribution in [0.2, 0.25) is 10.0 Å². The second-order valence-electron chi connectivity index (χ2n) is 6.27. The zero-order valence-electron chi connectivity index (χ0n) is 13.4. The number of rotatable bonds is 2. The van der Waals surface area contributed by atoms with Crippen molar-refractivity contribution < 1.29 is 9.59 Å². The van der Waals surface area contributed by atoms with Crippen molar-refractivity contribution in [3.8, 4) is 0 Å². The molecular formula is C17H21Cl2N3O2. The van der Waals surface area contributed by atoms with E-state index in [1.54, 1.807) is 23.1 Å². The molecule has 2 saturated heterocycles. The van der Waals surface area contributed by atoms with Crippen LogP contribution in [0.5, 0.6) is 0 Å². The highest BCUT2D eigenvalue weighted by Crippen LogP contribution is 2.23. The molecule has 0 unspecified atom stereocenters. The molecule has 2 aliphatic rings. The maximum atomic E-state index is 12.6. The minimum Gasteiger partial charge on any atom is -0.339 e. The summed E-state index contributed by atoms with van der Waals surface area (Å²) >= 11 is 12.0. The zero-order chi connectivity index (χ0) is 17.1. The maximum absolute atomic E-state index is 12.6. The van der Waals surface area contributed by atoms with Crippen LogP contribution in [-0.2, 0) is 4.79 Å². The number of hydrogen-bond acceptors (Lipinski definition) is 3. The molecule has 130 valence electrons. The molecule has 0 aromatic heterocycles. The van der Waals surface area contributed by atoms with Gasteiger partial charge in [0, 0.05) is 37.1 Å². The van der Waals surface area contributed by atoms with E-state index < -0.39 is 0 Å². The van der Waals surface area contributed by atoms with Crippen molar-refractivity contribution in [3.05, 3.63) is 33.8 Å². The van der Waals surface area contributed by atoms with Crippen LogP contribution in [-0.4, -0.2) is 60.9 Å². The van der Waals surface area contributed by atoms with E-state index in [1.165, 1.54) is 0 Å². The summed E-state index contributed by atoms with van der Waals surface area (Å²) in [7, 11) is 0. The fraction of sp³-hybridized carbons (Fsp3) is 0.529. The van der Waals surface area contributed by atoms with Crippen molar-refractivity contribution in [2.24, 2.45) is 5.92 Å². The van der Waals surface area contributed by atoms with Gasteiger partial charge in [-0.25, -0.2) is 0 Å². The van der Waals surface area contributed by atoms with Gasteiger partial charge in [-0.1, -0.05) is 23.2 Å². The number of piperazine rings is 1. The molecular weight excluding hydrogens is 349 g/mol. The van der Waals surface area contributed by atoms with E-state index in [4.69, 9.17) is 23.2 Å². The quantitative estimate of drug-likeness (QED) is 0.869. The van der Waals surface area contributed by atoms with Crippen LogP contribution in [0.15, 0.2) is 18.2 Å². The molecule has 0 spiro atoms. The Kier molecular flexibility index (Phi) is 5.64. The van der Waals surface area contributed by atoms with E-state index in [0.717, 1.165) is 25.9 Å². The molecule has 1 aromatic rings. The first-order valence-electron chi connectivity index (χ1n) is 8.30. The number of carbonyl (C=O) groups is 2. The average Bonchev–Trinajstić information content (AvgIpc) is 2.61. The van der Waals surface area contributed by atoms with Gasteiger partial charge in [0.25, 0.3) is 5.91 Å². The van der Waals surface area contributed by atoms with E-state index in [9.17, 15) is 9.59 Å². The van der Waals surface area contributed by atoms with Crippen LogP contribution >= 0.6 is 23.2 Å². The molecule has 2 amide bonds. The van der Waals surface area contributed by atoms with Crippen molar-refractivity contribution in [2.45, 2.75) is 12.8 Å². The largest absolute Gasteiger partial charge is 0.339 e. The van der Waals surface area contributed by atoms with E-state index in [-0.39, 0.29) is 17.7 Å². The van der Waals surface area contributed by atoms with Gasteiger partial charge >= 0.3 is 0 Å². The van der Waals surface area contributed by atoms with Gasteiger partial charge in [0.1, 0.15) is 0 Å². The molecule has 0 aliphatic carbocycles. The fourth-order valence-electron chi connectivity index (χ4n) is 3.29. The van der Waals surface area contributed by atoms with Crippen molar-refractivity contribution in [1.82, 2.24) is 15.1 Å². The standard InChI is InChI=1S/C17H21Cl2N3O2/c18-13-1-2-14(15(19)11-13)17(24)22-9-7-21(8-10-22)16(23)12-3-5-20-6-4-12/h1-2,11-12,20H,3-10H2. The van der Waals surface area contributed by atoms with E-state index in [1.807, 2.05) is 4.90 Å². The lowest BCUT2D eigenvalue weighted by Gasteiger charge is -2.37. The minimum atomic E-state index is -0.106. The summed E-state index contributed by atoms with van der Waals surface area (Å²) in [6, 6.07) is 4.89. The predicted octanol–water partition coefficient (Wildman–Crippen LogP) is 2.28. The van der Waals surface area contributed by atoms with Gasteiger partial charge in [-0.3, -0.25) is 9.59 Å². The topological polar surface area (TPSA) is 52.7 Å². The molecule has 1 N–H and O–H groups in total. The predicted molar refractivity (Wildman–Crippen MR) is 94.5 cm³/mol. The molecule has 24 heavy (non-hydrogen) atoms. The van der Waals surface area contributed by atoms with Gasteiger partial charge in [0.05, 0.1) is 10.6 Å². The molecule has 3 rings (SSSR count). The monoisotopic (exact) mass is 369 g/mol. The van der Waals surface area contributed by atoms with Gasteiger partial charge in [-0.05, 0) is 44.1 Å². The normalized spacial score (nSPS) is 19.4. The Morgan fingerprint density at radius 1 is 1.00 bits per heavy atom. The highest BCUT2D eigenvalue weighted by Gasteiger charge is 2.30. The highest BCUT2D eigenvalue weighted by atomic mass is 35.5. The van der Waals surface area contributed by atoms with Gasteiger partial charge < -0.3 is 15.1 Å². The van der Waals surface area contributed by atoms with Gasteiger partial charge in [-0.2, -0.15) is 0 Å². The highest BCUT2D eigenvalue weighted by molar-refractivity contribution is 6.36. The Hall–Kier alpha value is -1.30. The summed E-state index contributed by atoms with van der Waals surface area (Å²) in [5, 5.41) is 4.15. The molecule has 7 heteroatoms. The first-order chi connectivity index (χ1) is 11.6. The third kappa shape index (κ3) is 3.85. The Bertz CT molecular complexity index is 624. The number of hydrogen-bond donors (Lipinski definition) is 1. The smallest absolute Gasteiger partial charge is 0.255 e. The first kappa shape index (κ1) is 17.5. The Labute approximate surface area is 151 Å². The zero-order valence-corrected chi connectivity index (χ0v) is 14.9. The summed E-state index contributed by atoms with van der Waals surface area (Å²) < 4.78 is 0. The maximum Gasteiger partial charge on any atom is 0.255 e. The number of benzene rings is 1. The summed E-state index contributed by atoms with van der Waals surface area (Å²) in [5.74, 6) is 0.248. The van der Waals surface area contributed by atoms with Crippen molar-refractivity contribution in [3.63, 3.8) is 0 Å². The minimum absolute atomic E-state index is 0.106.